The molecule has 40 heavy (non-hydrogen) atoms. The zero-order valence-corrected chi connectivity index (χ0v) is 21.5. The molecule has 186 valence electrons. The van der Waals surface area contributed by atoms with Crippen LogP contribution in [0.2, 0.25) is 0 Å². The van der Waals surface area contributed by atoms with Gasteiger partial charge in [0.15, 0.2) is 0 Å². The molecule has 0 radical (unpaired) electrons. The topological polar surface area (TPSA) is 51.6 Å². The van der Waals surface area contributed by atoms with Crippen molar-refractivity contribution < 1.29 is 0 Å². The van der Waals surface area contributed by atoms with Crippen molar-refractivity contribution in [3.05, 3.63) is 134 Å². The molecule has 0 bridgehead atoms. The van der Waals surface area contributed by atoms with Gasteiger partial charge < -0.3 is 0 Å². The summed E-state index contributed by atoms with van der Waals surface area (Å²) in [4.78, 5) is 18.9. The molecule has 0 amide bonds. The van der Waals surface area contributed by atoms with E-state index in [1.807, 2.05) is 30.7 Å². The molecule has 4 aromatic carbocycles. The maximum atomic E-state index is 4.99. The van der Waals surface area contributed by atoms with Crippen LogP contribution in [0.1, 0.15) is 0 Å². The third-order valence-corrected chi connectivity index (χ3v) is 7.59. The lowest BCUT2D eigenvalue weighted by Crippen LogP contribution is -1.89. The molecule has 0 saturated carbocycles. The van der Waals surface area contributed by atoms with Crippen LogP contribution < -0.4 is 0 Å². The van der Waals surface area contributed by atoms with Crippen LogP contribution in [0.4, 0.5) is 0 Å². The highest BCUT2D eigenvalue weighted by Gasteiger charge is 2.09. The minimum atomic E-state index is 0.933. The second-order valence-corrected chi connectivity index (χ2v) is 10.00. The Labute approximate surface area is 230 Å². The van der Waals surface area contributed by atoms with Crippen molar-refractivity contribution in [3.8, 4) is 33.5 Å². The number of rotatable bonds is 3. The van der Waals surface area contributed by atoms with Gasteiger partial charge in [-0.1, -0.05) is 91.0 Å². The molecular weight excluding hydrogens is 488 g/mol. The number of pyridine rings is 4. The third kappa shape index (κ3) is 3.77. The Morgan fingerprint density at radius 2 is 0.825 bits per heavy atom. The number of benzene rings is 4. The lowest BCUT2D eigenvalue weighted by molar-refractivity contribution is 1.37. The quantitative estimate of drug-likeness (QED) is 0.223. The van der Waals surface area contributed by atoms with Crippen LogP contribution >= 0.6 is 0 Å². The molecule has 0 fully saturated rings. The molecule has 4 heterocycles. The van der Waals surface area contributed by atoms with Crippen molar-refractivity contribution >= 4 is 43.6 Å². The number of aromatic nitrogens is 4. The maximum absolute atomic E-state index is 4.99. The van der Waals surface area contributed by atoms with Gasteiger partial charge >= 0.3 is 0 Å². The molecule has 0 atom stereocenters. The first-order valence-corrected chi connectivity index (χ1v) is 13.3. The smallest absolute Gasteiger partial charge is 0.0972 e. The zero-order valence-electron chi connectivity index (χ0n) is 21.5. The van der Waals surface area contributed by atoms with Crippen LogP contribution in [-0.2, 0) is 0 Å². The Morgan fingerprint density at radius 1 is 0.350 bits per heavy atom. The monoisotopic (exact) mass is 510 g/mol. The molecule has 4 aromatic heterocycles. The number of hydrogen-bond acceptors (Lipinski definition) is 4. The van der Waals surface area contributed by atoms with Gasteiger partial charge in [0.25, 0.3) is 0 Å². The van der Waals surface area contributed by atoms with E-state index in [-0.39, 0.29) is 0 Å². The Hall–Kier alpha value is -5.48. The van der Waals surface area contributed by atoms with Gasteiger partial charge in [0.1, 0.15) is 0 Å². The Kier molecular flexibility index (Phi) is 5.10. The SMILES string of the molecule is c1cnc2c(c1)ccc1cc(-c3ccc(-c4ccc(-c5ccc6ccc7cccnc7c6n5)cc4)cc3)cnc12. The van der Waals surface area contributed by atoms with Crippen molar-refractivity contribution in [2.75, 3.05) is 0 Å². The highest BCUT2D eigenvalue weighted by molar-refractivity contribution is 6.04. The Morgan fingerprint density at radius 3 is 1.48 bits per heavy atom. The minimum absolute atomic E-state index is 0.933. The summed E-state index contributed by atoms with van der Waals surface area (Å²) in [6, 6.07) is 40.1. The lowest BCUT2D eigenvalue weighted by atomic mass is 9.98. The first-order chi connectivity index (χ1) is 19.8. The van der Waals surface area contributed by atoms with Crippen LogP contribution in [0.3, 0.4) is 0 Å². The lowest BCUT2D eigenvalue weighted by Gasteiger charge is -2.09. The van der Waals surface area contributed by atoms with E-state index in [1.54, 1.807) is 0 Å². The van der Waals surface area contributed by atoms with Crippen molar-refractivity contribution in [1.82, 2.24) is 19.9 Å². The summed E-state index contributed by atoms with van der Waals surface area (Å²) in [6.07, 6.45) is 5.59. The summed E-state index contributed by atoms with van der Waals surface area (Å²) in [5, 5.41) is 4.39. The van der Waals surface area contributed by atoms with E-state index < -0.39 is 0 Å². The fourth-order valence-electron chi connectivity index (χ4n) is 5.47. The maximum Gasteiger partial charge on any atom is 0.0972 e. The van der Waals surface area contributed by atoms with Gasteiger partial charge in [-0.2, -0.15) is 0 Å². The van der Waals surface area contributed by atoms with Gasteiger partial charge in [0.2, 0.25) is 0 Å². The molecule has 0 N–H and O–H groups in total. The van der Waals surface area contributed by atoms with Gasteiger partial charge in [0.05, 0.1) is 27.8 Å². The van der Waals surface area contributed by atoms with E-state index in [4.69, 9.17) is 9.97 Å². The van der Waals surface area contributed by atoms with Gasteiger partial charge in [-0.05, 0) is 41.0 Å². The summed E-state index contributed by atoms with van der Waals surface area (Å²) in [6.45, 7) is 0. The number of hydrogen-bond donors (Lipinski definition) is 0. The molecule has 0 aliphatic carbocycles. The normalized spacial score (nSPS) is 11.5. The van der Waals surface area contributed by atoms with E-state index in [9.17, 15) is 0 Å². The average Bonchev–Trinajstić information content (AvgIpc) is 3.04. The summed E-state index contributed by atoms with van der Waals surface area (Å²) in [5.41, 5.74) is 10.3. The molecular formula is C36H22N4. The molecule has 0 unspecified atom stereocenters. The average molecular weight is 511 g/mol. The largest absolute Gasteiger partial charge is 0.254 e. The van der Waals surface area contributed by atoms with E-state index in [0.29, 0.717) is 0 Å². The first kappa shape index (κ1) is 22.5. The Bertz CT molecular complexity index is 2200. The third-order valence-electron chi connectivity index (χ3n) is 7.59. The fourth-order valence-corrected chi connectivity index (χ4v) is 5.47. The second kappa shape index (κ2) is 9.07. The van der Waals surface area contributed by atoms with Crippen LogP contribution in [0.15, 0.2) is 134 Å². The highest BCUT2D eigenvalue weighted by Crippen LogP contribution is 2.31. The molecule has 4 nitrogen and oxygen atoms in total. The van der Waals surface area contributed by atoms with Crippen LogP contribution in [0, 0.1) is 0 Å². The zero-order chi connectivity index (χ0) is 26.5. The van der Waals surface area contributed by atoms with E-state index in [1.165, 1.54) is 5.56 Å². The number of fused-ring (bicyclic) bond motifs is 6. The number of nitrogens with zero attached hydrogens (tertiary/aromatic N) is 4. The van der Waals surface area contributed by atoms with Crippen molar-refractivity contribution in [2.45, 2.75) is 0 Å². The summed E-state index contributed by atoms with van der Waals surface area (Å²) < 4.78 is 0. The molecule has 0 aliphatic rings. The molecule has 0 aliphatic heterocycles. The molecule has 8 aromatic rings. The molecule has 4 heteroatoms. The first-order valence-electron chi connectivity index (χ1n) is 13.3. The standard InChI is InChI=1S/C36H22N4/c1-3-27-15-16-30-21-31(22-39-35(30)33(27)37-19-1)25-7-5-23(6-8-25)24-9-11-26(12-10-24)32-18-17-29-14-13-28-4-2-20-38-34(28)36(29)40-32/h1-22H. The predicted octanol–water partition coefficient (Wildman–Crippen LogP) is 8.88. The molecule has 0 spiro atoms. The van der Waals surface area contributed by atoms with Crippen LogP contribution in [0.25, 0.3) is 77.1 Å². The highest BCUT2D eigenvalue weighted by atomic mass is 14.8. The van der Waals surface area contributed by atoms with Gasteiger partial charge in [-0.15, -0.1) is 0 Å². The van der Waals surface area contributed by atoms with Gasteiger partial charge in [-0.25, -0.2) is 4.98 Å². The summed E-state index contributed by atoms with van der Waals surface area (Å²) in [7, 11) is 0. The molecule has 8 rings (SSSR count). The van der Waals surface area contributed by atoms with E-state index in [2.05, 4.69) is 113 Å². The van der Waals surface area contributed by atoms with Crippen molar-refractivity contribution in [1.29, 1.82) is 0 Å². The van der Waals surface area contributed by atoms with E-state index in [0.717, 1.165) is 71.6 Å². The second-order valence-electron chi connectivity index (χ2n) is 10.00. The van der Waals surface area contributed by atoms with Crippen molar-refractivity contribution in [3.63, 3.8) is 0 Å². The van der Waals surface area contributed by atoms with Crippen LogP contribution in [-0.4, -0.2) is 19.9 Å². The Balaban J connectivity index is 1.09. The van der Waals surface area contributed by atoms with Gasteiger partial charge in [-0.3, -0.25) is 15.0 Å². The summed E-state index contributed by atoms with van der Waals surface area (Å²) >= 11 is 0. The fraction of sp³-hybridized carbons (Fsp3) is 0. The molecule has 0 saturated heterocycles. The predicted molar refractivity (Wildman–Crippen MR) is 164 cm³/mol. The van der Waals surface area contributed by atoms with Gasteiger partial charge in [0, 0.05) is 51.3 Å². The van der Waals surface area contributed by atoms with Crippen LogP contribution in [0.5, 0.6) is 0 Å². The summed E-state index contributed by atoms with van der Waals surface area (Å²) in [5.74, 6) is 0. The van der Waals surface area contributed by atoms with E-state index >= 15 is 0 Å². The van der Waals surface area contributed by atoms with Crippen molar-refractivity contribution in [2.24, 2.45) is 0 Å². The minimum Gasteiger partial charge on any atom is -0.254 e.